The Kier molecular flexibility index (Phi) is 4.26. The minimum Gasteiger partial charge on any atom is -0.850 e. The van der Waals surface area contributed by atoms with Gasteiger partial charge in [0.25, 0.3) is 6.47 Å². The van der Waals surface area contributed by atoms with Crippen molar-refractivity contribution in [2.45, 2.75) is 13.3 Å². The normalized spacial score (nSPS) is 9.38. The minimum atomic E-state index is 0.0341. The summed E-state index contributed by atoms with van der Waals surface area (Å²) in [6.07, 6.45) is 0.352. The lowest BCUT2D eigenvalue weighted by molar-refractivity contribution is -0.353. The van der Waals surface area contributed by atoms with Gasteiger partial charge in [-0.2, -0.15) is 0 Å². The number of hydrogen-bond acceptors (Lipinski definition) is 3. The van der Waals surface area contributed by atoms with Gasteiger partial charge in [0.2, 0.25) is 0 Å². The van der Waals surface area contributed by atoms with E-state index in [-0.39, 0.29) is 12.7 Å². The first-order valence-corrected chi connectivity index (χ1v) is 2.32. The predicted molar refractivity (Wildman–Crippen MR) is 25.5 cm³/mol. The monoisotopic (exact) mass is 116 g/mol. The molecule has 0 amide bonds. The van der Waals surface area contributed by atoms with E-state index in [2.05, 4.69) is 4.74 Å². The van der Waals surface area contributed by atoms with Crippen LogP contribution in [0.25, 0.3) is 0 Å². The van der Waals surface area contributed by atoms with Crippen molar-refractivity contribution in [1.82, 2.24) is 0 Å². The van der Waals surface area contributed by atoms with E-state index in [1.165, 1.54) is 6.92 Å². The number of rotatable bonds is 4. The zero-order chi connectivity index (χ0) is 6.41. The molecule has 3 heteroatoms. The van der Waals surface area contributed by atoms with E-state index in [9.17, 15) is 9.90 Å². The van der Waals surface area contributed by atoms with Crippen molar-refractivity contribution in [2.75, 3.05) is 6.61 Å². The summed E-state index contributed by atoms with van der Waals surface area (Å²) in [5.41, 5.74) is 0. The first kappa shape index (κ1) is 7.43. The molecule has 0 saturated carbocycles. The lowest BCUT2D eigenvalue weighted by Crippen LogP contribution is -2.12. The van der Waals surface area contributed by atoms with Crippen LogP contribution >= 0.6 is 0 Å². The lowest BCUT2D eigenvalue weighted by Gasteiger charge is -2.12. The number of ether oxygens (including phenoxy) is 1. The van der Waals surface area contributed by atoms with Crippen LogP contribution in [0, 0.1) is 6.10 Å². The molecule has 0 N–H and O–H groups in total. The molecule has 0 aromatic rings. The molecule has 0 atom stereocenters. The maximum Gasteiger partial charge on any atom is 0.293 e. The van der Waals surface area contributed by atoms with Crippen molar-refractivity contribution < 1.29 is 14.6 Å². The summed E-state index contributed by atoms with van der Waals surface area (Å²) in [5.74, 6) is 0. The fraction of sp³-hybridized carbons (Fsp3) is 0.600. The molecule has 8 heavy (non-hydrogen) atoms. The van der Waals surface area contributed by atoms with E-state index in [0.717, 1.165) is 0 Å². The first-order valence-electron chi connectivity index (χ1n) is 2.32. The number of carbonyl (C=O) groups is 1. The fourth-order valence-corrected chi connectivity index (χ4v) is 0.251. The Bertz CT molecular complexity index is 60.7. The molecule has 0 aliphatic rings. The maximum absolute atomic E-state index is 10.1. The third kappa shape index (κ3) is 5.43. The van der Waals surface area contributed by atoms with Crippen LogP contribution in [0.4, 0.5) is 0 Å². The van der Waals surface area contributed by atoms with Crippen LogP contribution in [0.5, 0.6) is 0 Å². The van der Waals surface area contributed by atoms with Crippen LogP contribution in [0.2, 0.25) is 0 Å². The molecule has 0 fully saturated rings. The standard InChI is InChI=1S/C5H8O3/c1-5(7)2-3-8-4-6/h4H,2-3H2,1H3/q-1. The molecule has 0 rings (SSSR count). The predicted octanol–water partition coefficient (Wildman–Crippen LogP) is -0.538. The van der Waals surface area contributed by atoms with E-state index in [1.54, 1.807) is 0 Å². The van der Waals surface area contributed by atoms with E-state index < -0.39 is 0 Å². The van der Waals surface area contributed by atoms with Crippen LogP contribution in [-0.2, 0) is 9.53 Å². The van der Waals surface area contributed by atoms with E-state index in [4.69, 9.17) is 0 Å². The lowest BCUT2D eigenvalue weighted by atomic mass is 10.3. The van der Waals surface area contributed by atoms with E-state index in [1.807, 2.05) is 0 Å². The number of hydrogen-bond donors (Lipinski definition) is 0. The van der Waals surface area contributed by atoms with Crippen molar-refractivity contribution in [3.8, 4) is 0 Å². The summed E-state index contributed by atoms with van der Waals surface area (Å²) in [6, 6.07) is 0. The fourth-order valence-electron chi connectivity index (χ4n) is 0.251. The molecule has 0 unspecified atom stereocenters. The Morgan fingerprint density at radius 3 is 2.88 bits per heavy atom. The molecule has 0 spiro atoms. The minimum absolute atomic E-state index is 0.0341. The molecule has 0 saturated heterocycles. The summed E-state index contributed by atoms with van der Waals surface area (Å²) in [7, 11) is 0. The first-order chi connectivity index (χ1) is 3.77. The summed E-state index contributed by atoms with van der Waals surface area (Å²) >= 11 is 0. The van der Waals surface area contributed by atoms with Gasteiger partial charge in [0, 0.05) is 0 Å². The maximum atomic E-state index is 10.1. The topological polar surface area (TPSA) is 49.4 Å². The van der Waals surface area contributed by atoms with E-state index >= 15 is 0 Å². The molecular weight excluding hydrogens is 108 g/mol. The highest BCUT2D eigenvalue weighted by Crippen LogP contribution is 1.91. The van der Waals surface area contributed by atoms with Gasteiger partial charge in [-0.1, -0.05) is 6.92 Å². The van der Waals surface area contributed by atoms with Crippen LogP contribution in [0.3, 0.4) is 0 Å². The van der Waals surface area contributed by atoms with Crippen LogP contribution in [0.15, 0.2) is 0 Å². The summed E-state index contributed by atoms with van der Waals surface area (Å²) in [6.45, 7) is 2.00. The zero-order valence-corrected chi connectivity index (χ0v) is 4.72. The number of carbonyl (C=O) groups excluding carboxylic acids is 1. The Morgan fingerprint density at radius 1 is 1.88 bits per heavy atom. The van der Waals surface area contributed by atoms with E-state index in [0.29, 0.717) is 12.9 Å². The average Bonchev–Trinajstić information content (AvgIpc) is 1.66. The van der Waals surface area contributed by atoms with Gasteiger partial charge < -0.3 is 9.84 Å². The van der Waals surface area contributed by atoms with Crippen LogP contribution in [0.1, 0.15) is 13.3 Å². The Labute approximate surface area is 48.3 Å². The highest BCUT2D eigenvalue weighted by atomic mass is 16.5. The molecule has 3 nitrogen and oxygen atoms in total. The molecule has 0 aliphatic heterocycles. The molecule has 47 valence electrons. The van der Waals surface area contributed by atoms with Gasteiger partial charge in [-0.15, -0.1) is 6.10 Å². The Morgan fingerprint density at radius 2 is 2.50 bits per heavy atom. The summed E-state index contributed by atoms with van der Waals surface area (Å²) < 4.78 is 4.24. The second-order valence-electron chi connectivity index (χ2n) is 1.42. The van der Waals surface area contributed by atoms with Crippen molar-refractivity contribution in [3.05, 3.63) is 6.10 Å². The highest BCUT2D eigenvalue weighted by Gasteiger charge is 1.84. The van der Waals surface area contributed by atoms with Crippen molar-refractivity contribution >= 4 is 6.47 Å². The quantitative estimate of drug-likeness (QED) is 0.366. The summed E-state index contributed by atoms with van der Waals surface area (Å²) in [4.78, 5) is 9.45. The van der Waals surface area contributed by atoms with Crippen molar-refractivity contribution in [2.24, 2.45) is 0 Å². The van der Waals surface area contributed by atoms with Gasteiger partial charge in [-0.3, -0.25) is 4.79 Å². The second kappa shape index (κ2) is 4.59. The van der Waals surface area contributed by atoms with Gasteiger partial charge in [-0.25, -0.2) is 0 Å². The summed E-state index contributed by atoms with van der Waals surface area (Å²) in [5, 5.41) is 10.1. The zero-order valence-electron chi connectivity index (χ0n) is 4.72. The third-order valence-electron chi connectivity index (χ3n) is 0.640. The molecule has 1 radical (unpaired) electrons. The largest absolute Gasteiger partial charge is 0.850 e. The third-order valence-corrected chi connectivity index (χ3v) is 0.640. The highest BCUT2D eigenvalue weighted by molar-refractivity contribution is 5.36. The molecular formula is C5H8O3-. The van der Waals surface area contributed by atoms with Gasteiger partial charge in [-0.05, 0) is 6.42 Å². The SMILES string of the molecule is C[C]([O-])CCOC=O. The van der Waals surface area contributed by atoms with Crippen molar-refractivity contribution in [1.29, 1.82) is 0 Å². The second-order valence-corrected chi connectivity index (χ2v) is 1.42. The smallest absolute Gasteiger partial charge is 0.293 e. The van der Waals surface area contributed by atoms with Gasteiger partial charge >= 0.3 is 0 Å². The Balaban J connectivity index is 2.81. The average molecular weight is 116 g/mol. The van der Waals surface area contributed by atoms with Gasteiger partial charge in [0.05, 0.1) is 6.61 Å². The van der Waals surface area contributed by atoms with Crippen LogP contribution < -0.4 is 5.11 Å². The van der Waals surface area contributed by atoms with Crippen molar-refractivity contribution in [3.63, 3.8) is 0 Å². The molecule has 0 aliphatic carbocycles. The van der Waals surface area contributed by atoms with Crippen LogP contribution in [-0.4, -0.2) is 13.1 Å². The molecule has 0 bridgehead atoms. The van der Waals surface area contributed by atoms with Gasteiger partial charge in [0.15, 0.2) is 0 Å². The Hall–Kier alpha value is -0.570. The molecule has 0 aromatic carbocycles. The molecule has 0 aromatic heterocycles. The van der Waals surface area contributed by atoms with Gasteiger partial charge in [0.1, 0.15) is 0 Å². The molecule has 0 heterocycles.